The number of hydrogen-bond donors (Lipinski definition) is 1. The van der Waals surface area contributed by atoms with E-state index in [9.17, 15) is 9.67 Å². The quantitative estimate of drug-likeness (QED) is 0.802. The first-order valence-electron chi connectivity index (χ1n) is 6.04. The maximum absolute atomic E-state index is 12.6. The van der Waals surface area contributed by atoms with E-state index in [0.29, 0.717) is 5.56 Å². The molecular weight excluding hydrogens is 251 g/mol. The Morgan fingerprint density at radius 2 is 1.44 bits per heavy atom. The van der Waals surface area contributed by atoms with Gasteiger partial charge < -0.3 is 14.2 Å². The smallest absolute Gasteiger partial charge is 0.363 e. The summed E-state index contributed by atoms with van der Waals surface area (Å²) in [6.45, 7) is 7.03. The van der Waals surface area contributed by atoms with Gasteiger partial charge in [0.1, 0.15) is 0 Å². The van der Waals surface area contributed by atoms with Crippen LogP contribution in [0.5, 0.6) is 0 Å². The lowest BCUT2D eigenvalue weighted by atomic mass is 10.2. The molecule has 18 heavy (non-hydrogen) atoms. The normalized spacial score (nSPS) is 14.2. The van der Waals surface area contributed by atoms with Crippen molar-refractivity contribution in [3.63, 3.8) is 0 Å². The van der Waals surface area contributed by atoms with Crippen LogP contribution in [0, 0.1) is 0 Å². The van der Waals surface area contributed by atoms with Crippen LogP contribution in [0.1, 0.15) is 39.1 Å². The molecule has 0 radical (unpaired) electrons. The van der Waals surface area contributed by atoms with E-state index in [4.69, 9.17) is 9.05 Å². The van der Waals surface area contributed by atoms with Gasteiger partial charge in [-0.3, -0.25) is 4.57 Å². The molecule has 0 heterocycles. The molecule has 0 spiro atoms. The van der Waals surface area contributed by atoms with Crippen molar-refractivity contribution in [2.24, 2.45) is 0 Å². The molecule has 0 aliphatic rings. The second kappa shape index (κ2) is 6.48. The van der Waals surface area contributed by atoms with E-state index in [1.54, 1.807) is 52.0 Å². The van der Waals surface area contributed by atoms with Gasteiger partial charge in [-0.15, -0.1) is 0 Å². The summed E-state index contributed by atoms with van der Waals surface area (Å²) in [6.07, 6.45) is -0.569. The Balaban J connectivity index is 2.99. The number of benzene rings is 1. The third-order valence-corrected chi connectivity index (χ3v) is 4.44. The molecule has 1 aromatic rings. The molecule has 1 unspecified atom stereocenters. The average Bonchev–Trinajstić information content (AvgIpc) is 2.27. The highest BCUT2D eigenvalue weighted by Gasteiger charge is 2.37. The lowest BCUT2D eigenvalue weighted by molar-refractivity contribution is 0.101. The van der Waals surface area contributed by atoms with Gasteiger partial charge in [0.25, 0.3) is 0 Å². The van der Waals surface area contributed by atoms with Crippen LogP contribution in [-0.4, -0.2) is 17.3 Å². The van der Waals surface area contributed by atoms with Crippen molar-refractivity contribution in [2.45, 2.75) is 45.7 Å². The fraction of sp³-hybridized carbons (Fsp3) is 0.538. The molecule has 0 bridgehead atoms. The van der Waals surface area contributed by atoms with E-state index in [1.165, 1.54) is 0 Å². The SMILES string of the molecule is CC(C)OP(=O)(OC(C)C)C(O)c1ccccc1. The molecule has 0 aliphatic carbocycles. The first-order valence-corrected chi connectivity index (χ1v) is 7.66. The molecular formula is C13H21O4P. The van der Waals surface area contributed by atoms with Gasteiger partial charge in [-0.25, -0.2) is 0 Å². The van der Waals surface area contributed by atoms with Gasteiger partial charge in [-0.05, 0) is 33.3 Å². The van der Waals surface area contributed by atoms with E-state index >= 15 is 0 Å². The van der Waals surface area contributed by atoms with Crippen LogP contribution < -0.4 is 0 Å². The lowest BCUT2D eigenvalue weighted by Gasteiger charge is -2.26. The average molecular weight is 272 g/mol. The van der Waals surface area contributed by atoms with Gasteiger partial charge >= 0.3 is 7.60 Å². The minimum absolute atomic E-state index is 0.284. The summed E-state index contributed by atoms with van der Waals surface area (Å²) in [4.78, 5) is 0. The van der Waals surface area contributed by atoms with Crippen LogP contribution in [-0.2, 0) is 13.6 Å². The molecule has 4 nitrogen and oxygen atoms in total. The lowest BCUT2D eigenvalue weighted by Crippen LogP contribution is -2.13. The Kier molecular flexibility index (Phi) is 5.54. The first kappa shape index (κ1) is 15.4. The van der Waals surface area contributed by atoms with E-state index in [2.05, 4.69) is 0 Å². The number of aliphatic hydroxyl groups excluding tert-OH is 1. The number of aliphatic hydroxyl groups is 1. The van der Waals surface area contributed by atoms with E-state index in [1.807, 2.05) is 6.07 Å². The molecule has 1 rings (SSSR count). The third kappa shape index (κ3) is 4.21. The zero-order chi connectivity index (χ0) is 13.8. The molecule has 102 valence electrons. The van der Waals surface area contributed by atoms with Crippen molar-refractivity contribution < 1.29 is 18.7 Å². The molecule has 0 aromatic heterocycles. The van der Waals surface area contributed by atoms with Crippen molar-refractivity contribution in [3.05, 3.63) is 35.9 Å². The minimum atomic E-state index is -3.59. The predicted molar refractivity (Wildman–Crippen MR) is 71.5 cm³/mol. The second-order valence-electron chi connectivity index (χ2n) is 4.63. The highest BCUT2D eigenvalue weighted by Crippen LogP contribution is 2.61. The van der Waals surface area contributed by atoms with Crippen molar-refractivity contribution >= 4 is 7.60 Å². The van der Waals surface area contributed by atoms with Crippen LogP contribution in [0.2, 0.25) is 0 Å². The monoisotopic (exact) mass is 272 g/mol. The molecule has 1 atom stereocenters. The number of rotatable bonds is 6. The fourth-order valence-corrected chi connectivity index (χ4v) is 3.53. The molecule has 0 aliphatic heterocycles. The summed E-state index contributed by atoms with van der Waals surface area (Å²) in [5.41, 5.74) is 0.530. The summed E-state index contributed by atoms with van der Waals surface area (Å²) >= 11 is 0. The first-order chi connectivity index (χ1) is 8.35. The Morgan fingerprint density at radius 1 is 1.00 bits per heavy atom. The highest BCUT2D eigenvalue weighted by atomic mass is 31.2. The standard InChI is InChI=1S/C13H21O4P/c1-10(2)16-18(15,17-11(3)4)13(14)12-8-6-5-7-9-12/h5-11,13-14H,1-4H3. The Hall–Kier alpha value is -0.670. The molecule has 0 saturated carbocycles. The zero-order valence-corrected chi connectivity index (χ0v) is 12.1. The molecule has 1 N–H and O–H groups in total. The summed E-state index contributed by atoms with van der Waals surface area (Å²) in [6, 6.07) is 8.77. The van der Waals surface area contributed by atoms with Gasteiger partial charge in [0.2, 0.25) is 0 Å². The van der Waals surface area contributed by atoms with Gasteiger partial charge in [-0.1, -0.05) is 30.3 Å². The van der Waals surface area contributed by atoms with Crippen LogP contribution in [0.4, 0.5) is 0 Å². The molecule has 1 aromatic carbocycles. The maximum atomic E-state index is 12.6. The summed E-state index contributed by atoms with van der Waals surface area (Å²) in [5, 5.41) is 10.2. The second-order valence-corrected chi connectivity index (χ2v) is 6.62. The van der Waals surface area contributed by atoms with Crippen LogP contribution in [0.15, 0.2) is 30.3 Å². The van der Waals surface area contributed by atoms with Crippen LogP contribution in [0.25, 0.3) is 0 Å². The van der Waals surface area contributed by atoms with Crippen molar-refractivity contribution in [1.82, 2.24) is 0 Å². The summed E-state index contributed by atoms with van der Waals surface area (Å²) in [7, 11) is -3.59. The zero-order valence-electron chi connectivity index (χ0n) is 11.2. The van der Waals surface area contributed by atoms with Gasteiger partial charge in [0, 0.05) is 0 Å². The largest absolute Gasteiger partial charge is 0.376 e. The molecule has 5 heteroatoms. The fourth-order valence-electron chi connectivity index (χ4n) is 1.54. The summed E-state index contributed by atoms with van der Waals surface area (Å²) < 4.78 is 23.3. The van der Waals surface area contributed by atoms with Crippen LogP contribution in [0.3, 0.4) is 0 Å². The third-order valence-electron chi connectivity index (χ3n) is 2.11. The molecule has 0 fully saturated rings. The van der Waals surface area contributed by atoms with E-state index in [0.717, 1.165) is 0 Å². The maximum Gasteiger partial charge on any atom is 0.363 e. The molecule has 0 saturated heterocycles. The predicted octanol–water partition coefficient (Wildman–Crippen LogP) is 3.72. The van der Waals surface area contributed by atoms with Crippen molar-refractivity contribution in [1.29, 1.82) is 0 Å². The van der Waals surface area contributed by atoms with E-state index < -0.39 is 13.4 Å². The highest BCUT2D eigenvalue weighted by molar-refractivity contribution is 7.54. The topological polar surface area (TPSA) is 55.8 Å². The summed E-state index contributed by atoms with van der Waals surface area (Å²) in [5.74, 6) is -1.26. The van der Waals surface area contributed by atoms with Gasteiger partial charge in [0.05, 0.1) is 12.2 Å². The Bertz CT molecular complexity index is 389. The van der Waals surface area contributed by atoms with Gasteiger partial charge in [-0.2, -0.15) is 0 Å². The van der Waals surface area contributed by atoms with Crippen molar-refractivity contribution in [3.8, 4) is 0 Å². The van der Waals surface area contributed by atoms with Crippen LogP contribution >= 0.6 is 7.60 Å². The Labute approximate surface area is 108 Å². The Morgan fingerprint density at radius 3 is 1.83 bits per heavy atom. The van der Waals surface area contributed by atoms with Crippen molar-refractivity contribution in [2.75, 3.05) is 0 Å². The minimum Gasteiger partial charge on any atom is -0.376 e. The number of hydrogen-bond acceptors (Lipinski definition) is 4. The van der Waals surface area contributed by atoms with Gasteiger partial charge in [0.15, 0.2) is 5.85 Å². The molecule has 0 amide bonds. The van der Waals surface area contributed by atoms with E-state index in [-0.39, 0.29) is 12.2 Å².